The molecule has 0 radical (unpaired) electrons. The number of aryl methyl sites for hydroxylation is 1. The lowest BCUT2D eigenvalue weighted by Crippen LogP contribution is -2.42. The molecule has 1 saturated carbocycles. The summed E-state index contributed by atoms with van der Waals surface area (Å²) in [5.74, 6) is 2.07. The van der Waals surface area contributed by atoms with E-state index in [9.17, 15) is 4.79 Å². The first-order valence-electron chi connectivity index (χ1n) is 10.7. The van der Waals surface area contributed by atoms with Crippen molar-refractivity contribution in [3.63, 3.8) is 0 Å². The first-order valence-corrected chi connectivity index (χ1v) is 11.6. The van der Waals surface area contributed by atoms with E-state index in [0.717, 1.165) is 47.4 Å². The van der Waals surface area contributed by atoms with Crippen molar-refractivity contribution in [2.45, 2.75) is 63.7 Å². The molecule has 6 nitrogen and oxygen atoms in total. The summed E-state index contributed by atoms with van der Waals surface area (Å²) in [6.45, 7) is 4.71. The summed E-state index contributed by atoms with van der Waals surface area (Å²) in [5.41, 5.74) is 1.93. The summed E-state index contributed by atoms with van der Waals surface area (Å²) in [5, 5.41) is 9.49. The summed E-state index contributed by atoms with van der Waals surface area (Å²) in [6.07, 6.45) is 7.44. The minimum Gasteiger partial charge on any atom is -0.469 e. The van der Waals surface area contributed by atoms with Crippen molar-refractivity contribution in [3.05, 3.63) is 48.4 Å². The van der Waals surface area contributed by atoms with Crippen molar-refractivity contribution in [3.8, 4) is 11.4 Å². The van der Waals surface area contributed by atoms with Crippen LogP contribution < -0.4 is 4.90 Å². The van der Waals surface area contributed by atoms with Crippen LogP contribution in [0.25, 0.3) is 11.4 Å². The van der Waals surface area contributed by atoms with Gasteiger partial charge in [-0.25, -0.2) is 0 Å². The zero-order valence-electron chi connectivity index (χ0n) is 17.6. The second kappa shape index (κ2) is 9.51. The second-order valence-corrected chi connectivity index (χ2v) is 8.56. The fraction of sp³-hybridized carbons (Fsp3) is 0.435. The van der Waals surface area contributed by atoms with Gasteiger partial charge in [0, 0.05) is 18.3 Å². The van der Waals surface area contributed by atoms with E-state index in [1.54, 1.807) is 6.26 Å². The van der Waals surface area contributed by atoms with Crippen molar-refractivity contribution in [2.75, 3.05) is 10.7 Å². The Morgan fingerprint density at radius 3 is 2.60 bits per heavy atom. The maximum Gasteiger partial charge on any atom is 0.237 e. The molecule has 4 rings (SSSR count). The van der Waals surface area contributed by atoms with Crippen LogP contribution in [0.15, 0.2) is 52.2 Å². The van der Waals surface area contributed by atoms with Gasteiger partial charge in [0.2, 0.25) is 5.91 Å². The van der Waals surface area contributed by atoms with E-state index in [2.05, 4.69) is 17.1 Å². The van der Waals surface area contributed by atoms with Gasteiger partial charge in [-0.3, -0.25) is 4.79 Å². The number of amides is 1. The van der Waals surface area contributed by atoms with Gasteiger partial charge >= 0.3 is 0 Å². The summed E-state index contributed by atoms with van der Waals surface area (Å²) in [6, 6.07) is 12.2. The highest BCUT2D eigenvalue weighted by Crippen LogP contribution is 2.30. The number of aromatic nitrogens is 3. The summed E-state index contributed by atoms with van der Waals surface area (Å²) in [4.78, 5) is 15.4. The number of rotatable bonds is 7. The molecule has 1 aliphatic carbocycles. The van der Waals surface area contributed by atoms with Crippen LogP contribution in [0.3, 0.4) is 0 Å². The number of nitrogens with zero attached hydrogens (tertiary/aromatic N) is 4. The predicted molar refractivity (Wildman–Crippen MR) is 120 cm³/mol. The Bertz CT molecular complexity index is 976. The summed E-state index contributed by atoms with van der Waals surface area (Å²) < 4.78 is 7.47. The van der Waals surface area contributed by atoms with Crippen LogP contribution in [-0.2, 0) is 11.3 Å². The highest BCUT2D eigenvalue weighted by molar-refractivity contribution is 7.99. The second-order valence-electron chi connectivity index (χ2n) is 7.62. The number of carbonyl (C=O) groups is 1. The number of benzene rings is 1. The highest BCUT2D eigenvalue weighted by Gasteiger charge is 2.27. The van der Waals surface area contributed by atoms with Gasteiger partial charge in [-0.05, 0) is 44.9 Å². The van der Waals surface area contributed by atoms with Crippen LogP contribution in [-0.4, -0.2) is 32.5 Å². The Labute approximate surface area is 181 Å². The molecule has 0 atom stereocenters. The zero-order chi connectivity index (χ0) is 20.9. The third-order valence-corrected chi connectivity index (χ3v) is 6.65. The van der Waals surface area contributed by atoms with Crippen LogP contribution in [0.4, 0.5) is 5.69 Å². The topological polar surface area (TPSA) is 64.2 Å². The van der Waals surface area contributed by atoms with Gasteiger partial charge in [0.15, 0.2) is 11.0 Å². The minimum absolute atomic E-state index is 0.129. The molecule has 0 aliphatic heterocycles. The van der Waals surface area contributed by atoms with E-state index in [0.29, 0.717) is 5.75 Å². The molecular formula is C23H28N4O2S. The molecule has 7 heteroatoms. The zero-order valence-corrected chi connectivity index (χ0v) is 18.4. The molecule has 158 valence electrons. The molecule has 1 fully saturated rings. The average Bonchev–Trinajstić information content (AvgIpc) is 3.39. The van der Waals surface area contributed by atoms with Gasteiger partial charge in [-0.1, -0.05) is 49.2 Å². The van der Waals surface area contributed by atoms with Crippen molar-refractivity contribution in [1.82, 2.24) is 14.8 Å². The Hall–Kier alpha value is -2.54. The largest absolute Gasteiger partial charge is 0.469 e. The Balaban J connectivity index is 1.52. The van der Waals surface area contributed by atoms with Crippen molar-refractivity contribution < 1.29 is 9.21 Å². The normalized spacial score (nSPS) is 14.7. The molecule has 0 unspecified atom stereocenters. The third kappa shape index (κ3) is 4.31. The SMILES string of the molecule is CCn1c(SCC(=O)N(c2ccccc2)C2CCCCC2)nnc1-c1ccoc1C. The van der Waals surface area contributed by atoms with E-state index in [1.165, 1.54) is 31.0 Å². The highest BCUT2D eigenvalue weighted by atomic mass is 32.2. The van der Waals surface area contributed by atoms with Gasteiger partial charge in [-0.2, -0.15) is 0 Å². The summed E-state index contributed by atoms with van der Waals surface area (Å²) >= 11 is 1.46. The average molecular weight is 425 g/mol. The molecule has 1 aromatic carbocycles. The molecule has 30 heavy (non-hydrogen) atoms. The van der Waals surface area contributed by atoms with Crippen LogP contribution in [0.2, 0.25) is 0 Å². The molecule has 2 aromatic heterocycles. The number of furan rings is 1. The number of thioether (sulfide) groups is 1. The third-order valence-electron chi connectivity index (χ3n) is 5.70. The minimum atomic E-state index is 0.129. The first kappa shape index (κ1) is 20.7. The van der Waals surface area contributed by atoms with E-state index in [1.807, 2.05) is 52.8 Å². The maximum absolute atomic E-state index is 13.3. The lowest BCUT2D eigenvalue weighted by Gasteiger charge is -2.34. The molecule has 0 bridgehead atoms. The molecule has 0 saturated heterocycles. The maximum atomic E-state index is 13.3. The van der Waals surface area contributed by atoms with Crippen LogP contribution >= 0.6 is 11.8 Å². The van der Waals surface area contributed by atoms with E-state index in [4.69, 9.17) is 4.42 Å². The fourth-order valence-electron chi connectivity index (χ4n) is 4.18. The number of para-hydroxylation sites is 1. The Kier molecular flexibility index (Phi) is 6.57. The molecule has 0 N–H and O–H groups in total. The lowest BCUT2D eigenvalue weighted by atomic mass is 9.93. The van der Waals surface area contributed by atoms with Gasteiger partial charge in [0.25, 0.3) is 0 Å². The Morgan fingerprint density at radius 2 is 1.93 bits per heavy atom. The van der Waals surface area contributed by atoms with Crippen molar-refractivity contribution in [1.29, 1.82) is 0 Å². The molecule has 0 spiro atoms. The van der Waals surface area contributed by atoms with E-state index < -0.39 is 0 Å². The molecule has 3 aromatic rings. The molecule has 1 amide bonds. The van der Waals surface area contributed by atoms with Crippen LogP contribution in [0.5, 0.6) is 0 Å². The van der Waals surface area contributed by atoms with Gasteiger partial charge in [0.1, 0.15) is 5.76 Å². The Morgan fingerprint density at radius 1 is 1.17 bits per heavy atom. The van der Waals surface area contributed by atoms with Gasteiger partial charge in [0.05, 0.1) is 17.6 Å². The van der Waals surface area contributed by atoms with E-state index >= 15 is 0 Å². The lowest BCUT2D eigenvalue weighted by molar-refractivity contribution is -0.116. The standard InChI is InChI=1S/C23H28N4O2S/c1-3-26-22(20-14-15-29-17(20)2)24-25-23(26)30-16-21(28)27(18-10-6-4-7-11-18)19-12-8-5-9-13-19/h4,6-7,10-11,14-15,19H,3,5,8-9,12-13,16H2,1-2H3. The first-order chi connectivity index (χ1) is 14.7. The molecule has 2 heterocycles. The quantitative estimate of drug-likeness (QED) is 0.480. The van der Waals surface area contributed by atoms with Crippen molar-refractivity contribution in [2.24, 2.45) is 0 Å². The number of hydrogen-bond donors (Lipinski definition) is 0. The molecule has 1 aliphatic rings. The fourth-order valence-corrected chi connectivity index (χ4v) is 5.04. The molecular weight excluding hydrogens is 396 g/mol. The van der Waals surface area contributed by atoms with Crippen LogP contribution in [0.1, 0.15) is 44.8 Å². The van der Waals surface area contributed by atoms with Crippen molar-refractivity contribution >= 4 is 23.4 Å². The monoisotopic (exact) mass is 424 g/mol. The number of anilines is 1. The number of carbonyl (C=O) groups excluding carboxylic acids is 1. The van der Waals surface area contributed by atoms with Gasteiger partial charge in [-0.15, -0.1) is 10.2 Å². The predicted octanol–water partition coefficient (Wildman–Crippen LogP) is 5.32. The van der Waals surface area contributed by atoms with Gasteiger partial charge < -0.3 is 13.9 Å². The number of hydrogen-bond acceptors (Lipinski definition) is 5. The van der Waals surface area contributed by atoms with Crippen LogP contribution in [0, 0.1) is 6.92 Å². The smallest absolute Gasteiger partial charge is 0.237 e. The summed E-state index contributed by atoms with van der Waals surface area (Å²) in [7, 11) is 0. The van der Waals surface area contributed by atoms with E-state index in [-0.39, 0.29) is 11.9 Å².